The smallest absolute Gasteiger partial charge is 0.260 e. The first-order valence-electron chi connectivity index (χ1n) is 5.44. The van der Waals surface area contributed by atoms with Gasteiger partial charge in [0.1, 0.15) is 5.75 Å². The number of carbonyl (C=O) groups excluding carboxylic acids is 1. The Morgan fingerprint density at radius 2 is 1.94 bits per heavy atom. The van der Waals surface area contributed by atoms with E-state index in [1.165, 1.54) is 0 Å². The van der Waals surface area contributed by atoms with Crippen molar-refractivity contribution < 1.29 is 9.53 Å². The maximum absolute atomic E-state index is 11.7. The number of hydrogen-bond acceptors (Lipinski definition) is 3. The number of nitrogens with zero attached hydrogens (tertiary/aromatic N) is 1. The third-order valence-corrected chi connectivity index (χ3v) is 2.39. The first kappa shape index (κ1) is 12.4. The van der Waals surface area contributed by atoms with E-state index in [1.54, 1.807) is 17.0 Å². The van der Waals surface area contributed by atoms with Crippen molar-refractivity contribution in [3.63, 3.8) is 0 Å². The Labute approximate surface area is 96.0 Å². The molecular weight excluding hydrogens is 204 g/mol. The molecule has 1 aromatic rings. The molecule has 0 heterocycles. The summed E-state index contributed by atoms with van der Waals surface area (Å²) in [5.41, 5.74) is 6.25. The van der Waals surface area contributed by atoms with Gasteiger partial charge in [-0.3, -0.25) is 4.79 Å². The van der Waals surface area contributed by atoms with E-state index in [0.29, 0.717) is 24.5 Å². The highest BCUT2D eigenvalue weighted by atomic mass is 16.5. The fourth-order valence-electron chi connectivity index (χ4n) is 1.42. The Bertz CT molecular complexity index is 349. The summed E-state index contributed by atoms with van der Waals surface area (Å²) < 4.78 is 5.37. The van der Waals surface area contributed by atoms with Gasteiger partial charge in [-0.15, -0.1) is 0 Å². The zero-order valence-corrected chi connectivity index (χ0v) is 9.77. The number of carbonyl (C=O) groups is 1. The molecule has 0 saturated carbocycles. The Kier molecular flexibility index (Phi) is 4.64. The molecule has 0 atom stereocenters. The average molecular weight is 222 g/mol. The third-order valence-electron chi connectivity index (χ3n) is 2.39. The molecular formula is C12H18N2O2. The minimum Gasteiger partial charge on any atom is -0.482 e. The van der Waals surface area contributed by atoms with Crippen molar-refractivity contribution in [2.75, 3.05) is 25.4 Å². The number of nitrogen functional groups attached to an aromatic ring is 1. The maximum atomic E-state index is 11.7. The molecule has 0 saturated heterocycles. The molecule has 88 valence electrons. The SMILES string of the molecule is CCN(CC)C(=O)COc1ccccc1N. The normalized spacial score (nSPS) is 9.88. The summed E-state index contributed by atoms with van der Waals surface area (Å²) >= 11 is 0. The molecule has 2 N–H and O–H groups in total. The highest BCUT2D eigenvalue weighted by molar-refractivity contribution is 5.77. The van der Waals surface area contributed by atoms with E-state index >= 15 is 0 Å². The van der Waals surface area contributed by atoms with Crippen molar-refractivity contribution in [1.82, 2.24) is 4.90 Å². The van der Waals surface area contributed by atoms with E-state index in [4.69, 9.17) is 10.5 Å². The standard InChI is InChI=1S/C12H18N2O2/c1-3-14(4-2)12(15)9-16-11-8-6-5-7-10(11)13/h5-8H,3-4,9,13H2,1-2H3. The summed E-state index contributed by atoms with van der Waals surface area (Å²) in [6.07, 6.45) is 0. The summed E-state index contributed by atoms with van der Waals surface area (Å²) in [4.78, 5) is 13.4. The highest BCUT2D eigenvalue weighted by Crippen LogP contribution is 2.19. The molecule has 0 aromatic heterocycles. The van der Waals surface area contributed by atoms with Crippen LogP contribution in [0, 0.1) is 0 Å². The van der Waals surface area contributed by atoms with Crippen molar-refractivity contribution in [3.05, 3.63) is 24.3 Å². The van der Waals surface area contributed by atoms with Gasteiger partial charge in [0.15, 0.2) is 6.61 Å². The molecule has 0 aliphatic heterocycles. The quantitative estimate of drug-likeness (QED) is 0.768. The van der Waals surface area contributed by atoms with Crippen molar-refractivity contribution in [2.45, 2.75) is 13.8 Å². The highest BCUT2D eigenvalue weighted by Gasteiger charge is 2.10. The van der Waals surface area contributed by atoms with Crippen LogP contribution in [-0.2, 0) is 4.79 Å². The number of benzene rings is 1. The Hall–Kier alpha value is -1.71. The number of anilines is 1. The Balaban J connectivity index is 2.52. The first-order valence-corrected chi connectivity index (χ1v) is 5.44. The van der Waals surface area contributed by atoms with Crippen LogP contribution in [-0.4, -0.2) is 30.5 Å². The minimum atomic E-state index is -0.0201. The lowest BCUT2D eigenvalue weighted by molar-refractivity contribution is -0.132. The van der Waals surface area contributed by atoms with Crippen LogP contribution in [0.15, 0.2) is 24.3 Å². The summed E-state index contributed by atoms with van der Waals surface area (Å²) in [6, 6.07) is 7.16. The van der Waals surface area contributed by atoms with Gasteiger partial charge >= 0.3 is 0 Å². The molecule has 16 heavy (non-hydrogen) atoms. The lowest BCUT2D eigenvalue weighted by atomic mass is 10.3. The fraction of sp³-hybridized carbons (Fsp3) is 0.417. The zero-order valence-electron chi connectivity index (χ0n) is 9.77. The summed E-state index contributed by atoms with van der Waals surface area (Å²) in [6.45, 7) is 5.32. The molecule has 0 fully saturated rings. The topological polar surface area (TPSA) is 55.6 Å². The largest absolute Gasteiger partial charge is 0.482 e. The molecule has 0 aliphatic rings. The Morgan fingerprint density at radius 3 is 2.50 bits per heavy atom. The number of nitrogens with two attached hydrogens (primary N) is 1. The lowest BCUT2D eigenvalue weighted by Crippen LogP contribution is -2.34. The second-order valence-corrected chi connectivity index (χ2v) is 3.39. The van der Waals surface area contributed by atoms with Gasteiger partial charge in [-0.05, 0) is 26.0 Å². The van der Waals surface area contributed by atoms with Gasteiger partial charge in [0, 0.05) is 13.1 Å². The van der Waals surface area contributed by atoms with Crippen molar-refractivity contribution >= 4 is 11.6 Å². The van der Waals surface area contributed by atoms with Crippen LogP contribution in [0.2, 0.25) is 0 Å². The van der Waals surface area contributed by atoms with E-state index in [0.717, 1.165) is 0 Å². The predicted octanol–water partition coefficient (Wildman–Crippen LogP) is 1.52. The monoisotopic (exact) mass is 222 g/mol. The predicted molar refractivity (Wildman–Crippen MR) is 64.3 cm³/mol. The van der Waals surface area contributed by atoms with Crippen LogP contribution >= 0.6 is 0 Å². The number of ether oxygens (including phenoxy) is 1. The summed E-state index contributed by atoms with van der Waals surface area (Å²) in [7, 11) is 0. The molecule has 1 aromatic carbocycles. The van der Waals surface area contributed by atoms with Crippen molar-refractivity contribution in [2.24, 2.45) is 0 Å². The van der Waals surface area contributed by atoms with Gasteiger partial charge in [0.2, 0.25) is 0 Å². The second kappa shape index (κ2) is 6.00. The molecule has 0 aliphatic carbocycles. The summed E-state index contributed by atoms with van der Waals surface area (Å²) in [5, 5.41) is 0. The molecule has 0 bridgehead atoms. The number of hydrogen-bond donors (Lipinski definition) is 1. The van der Waals surface area contributed by atoms with Crippen LogP contribution in [0.25, 0.3) is 0 Å². The van der Waals surface area contributed by atoms with Crippen molar-refractivity contribution in [3.8, 4) is 5.75 Å². The Morgan fingerprint density at radius 1 is 1.31 bits per heavy atom. The van der Waals surface area contributed by atoms with E-state index in [2.05, 4.69) is 0 Å². The van der Waals surface area contributed by atoms with Crippen LogP contribution < -0.4 is 10.5 Å². The van der Waals surface area contributed by atoms with Gasteiger partial charge < -0.3 is 15.4 Å². The van der Waals surface area contributed by atoms with Crippen LogP contribution in [0.3, 0.4) is 0 Å². The van der Waals surface area contributed by atoms with E-state index in [1.807, 2.05) is 26.0 Å². The van der Waals surface area contributed by atoms with Crippen molar-refractivity contribution in [1.29, 1.82) is 0 Å². The van der Waals surface area contributed by atoms with E-state index in [9.17, 15) is 4.79 Å². The van der Waals surface area contributed by atoms with E-state index < -0.39 is 0 Å². The van der Waals surface area contributed by atoms with Crippen LogP contribution in [0.5, 0.6) is 5.75 Å². The minimum absolute atomic E-state index is 0.0201. The van der Waals surface area contributed by atoms with Gasteiger partial charge in [0.05, 0.1) is 5.69 Å². The lowest BCUT2D eigenvalue weighted by Gasteiger charge is -2.18. The van der Waals surface area contributed by atoms with Gasteiger partial charge in [-0.1, -0.05) is 12.1 Å². The third kappa shape index (κ3) is 3.15. The number of likely N-dealkylation sites (N-methyl/N-ethyl adjacent to an activating group) is 1. The van der Waals surface area contributed by atoms with E-state index in [-0.39, 0.29) is 12.5 Å². The van der Waals surface area contributed by atoms with Crippen LogP contribution in [0.4, 0.5) is 5.69 Å². The average Bonchev–Trinajstić information content (AvgIpc) is 2.29. The number of amides is 1. The van der Waals surface area contributed by atoms with Crippen LogP contribution in [0.1, 0.15) is 13.8 Å². The molecule has 4 heteroatoms. The first-order chi connectivity index (χ1) is 7.69. The molecule has 0 spiro atoms. The molecule has 0 unspecified atom stereocenters. The molecule has 1 amide bonds. The zero-order chi connectivity index (χ0) is 12.0. The molecule has 1 rings (SSSR count). The second-order valence-electron chi connectivity index (χ2n) is 3.39. The molecule has 0 radical (unpaired) electrons. The molecule has 4 nitrogen and oxygen atoms in total. The number of rotatable bonds is 5. The van der Waals surface area contributed by atoms with Gasteiger partial charge in [-0.2, -0.15) is 0 Å². The van der Waals surface area contributed by atoms with Gasteiger partial charge in [-0.25, -0.2) is 0 Å². The fourth-order valence-corrected chi connectivity index (χ4v) is 1.42. The van der Waals surface area contributed by atoms with Gasteiger partial charge in [0.25, 0.3) is 5.91 Å². The summed E-state index contributed by atoms with van der Waals surface area (Å²) in [5.74, 6) is 0.538. The maximum Gasteiger partial charge on any atom is 0.260 e. The number of para-hydroxylation sites is 2.